The molecule has 1 nitrogen and oxygen atoms in total. The highest BCUT2D eigenvalue weighted by Gasteiger charge is 2.37. The van der Waals surface area contributed by atoms with E-state index < -0.39 is 0 Å². The first-order valence-corrected chi connectivity index (χ1v) is 9.04. The molecule has 1 heteroatoms. The number of hydrogen-bond donors (Lipinski definition) is 1. The minimum absolute atomic E-state index is 0.367. The molecule has 1 aromatic rings. The molecule has 1 aliphatic heterocycles. The third kappa shape index (κ3) is 3.18. The van der Waals surface area contributed by atoms with Crippen molar-refractivity contribution in [3.8, 4) is 0 Å². The van der Waals surface area contributed by atoms with Crippen molar-refractivity contribution in [1.29, 1.82) is 0 Å². The zero-order valence-electron chi connectivity index (χ0n) is 13.8. The monoisotopic (exact) mass is 285 g/mol. The van der Waals surface area contributed by atoms with Crippen LogP contribution in [0.25, 0.3) is 0 Å². The summed E-state index contributed by atoms with van der Waals surface area (Å²) in [4.78, 5) is 0. The molecule has 116 valence electrons. The Morgan fingerprint density at radius 1 is 1.14 bits per heavy atom. The summed E-state index contributed by atoms with van der Waals surface area (Å²) in [6.45, 7) is 6.06. The predicted octanol–water partition coefficient (Wildman–Crippen LogP) is 5.06. The molecule has 2 atom stereocenters. The largest absolute Gasteiger partial charge is 0.311 e. The lowest BCUT2D eigenvalue weighted by atomic mass is 9.70. The topological polar surface area (TPSA) is 12.0 Å². The van der Waals surface area contributed by atoms with Crippen molar-refractivity contribution in [2.24, 2.45) is 5.92 Å². The van der Waals surface area contributed by atoms with Crippen LogP contribution in [0.15, 0.2) is 24.3 Å². The maximum absolute atomic E-state index is 3.97. The highest BCUT2D eigenvalue weighted by atomic mass is 15.0. The van der Waals surface area contributed by atoms with Crippen LogP contribution in [-0.2, 0) is 6.42 Å². The van der Waals surface area contributed by atoms with E-state index in [1.165, 1.54) is 57.9 Å². The van der Waals surface area contributed by atoms with Gasteiger partial charge in [0.25, 0.3) is 0 Å². The number of aryl methyl sites for hydroxylation is 1. The van der Waals surface area contributed by atoms with E-state index in [0.717, 1.165) is 11.8 Å². The molecular weight excluding hydrogens is 254 g/mol. The molecule has 1 heterocycles. The highest BCUT2D eigenvalue weighted by Crippen LogP contribution is 2.41. The fraction of sp³-hybridized carbons (Fsp3) is 0.700. The van der Waals surface area contributed by atoms with Crippen molar-refractivity contribution < 1.29 is 0 Å². The van der Waals surface area contributed by atoms with Gasteiger partial charge in [0.1, 0.15) is 0 Å². The second kappa shape index (κ2) is 6.52. The lowest BCUT2D eigenvalue weighted by molar-refractivity contribution is 0.191. The van der Waals surface area contributed by atoms with Gasteiger partial charge in [-0.05, 0) is 68.0 Å². The maximum Gasteiger partial charge on any atom is 0.0210 e. The Balaban J connectivity index is 1.83. The smallest absolute Gasteiger partial charge is 0.0210 e. The quantitative estimate of drug-likeness (QED) is 0.819. The molecule has 21 heavy (non-hydrogen) atoms. The molecule has 1 saturated heterocycles. The Kier molecular flexibility index (Phi) is 4.69. The summed E-state index contributed by atoms with van der Waals surface area (Å²) in [6, 6.07) is 9.19. The molecular formula is C20H31N. The standard InChI is InChI=1S/C20H31N/c1-16(2)20(13-6-3-7-14-21-20)15-18-11-8-10-17-9-4-5-12-19(17)18/h4-5,9,12,16,18,21H,3,6-8,10-11,13-15H2,1-2H3. The van der Waals surface area contributed by atoms with Crippen molar-refractivity contribution in [2.75, 3.05) is 6.54 Å². The first-order valence-electron chi connectivity index (χ1n) is 9.04. The molecule has 0 saturated carbocycles. The minimum atomic E-state index is 0.367. The summed E-state index contributed by atoms with van der Waals surface area (Å²) in [6.07, 6.45) is 10.9. The van der Waals surface area contributed by atoms with Crippen LogP contribution in [-0.4, -0.2) is 12.1 Å². The van der Waals surface area contributed by atoms with Gasteiger partial charge < -0.3 is 5.32 Å². The van der Waals surface area contributed by atoms with Gasteiger partial charge >= 0.3 is 0 Å². The Labute approximate surface area is 130 Å². The van der Waals surface area contributed by atoms with Crippen LogP contribution in [0.5, 0.6) is 0 Å². The van der Waals surface area contributed by atoms with Crippen LogP contribution in [0.3, 0.4) is 0 Å². The number of hydrogen-bond acceptors (Lipinski definition) is 1. The fourth-order valence-electron chi connectivity index (χ4n) is 4.58. The lowest BCUT2D eigenvalue weighted by Crippen LogP contribution is -2.50. The molecule has 0 aromatic heterocycles. The Morgan fingerprint density at radius 3 is 2.86 bits per heavy atom. The van der Waals surface area contributed by atoms with Gasteiger partial charge in [-0.25, -0.2) is 0 Å². The van der Waals surface area contributed by atoms with Crippen LogP contribution < -0.4 is 5.32 Å². The van der Waals surface area contributed by atoms with Gasteiger partial charge in [0.15, 0.2) is 0 Å². The number of benzene rings is 1. The normalized spacial score (nSPS) is 30.0. The van der Waals surface area contributed by atoms with Crippen LogP contribution in [0.1, 0.15) is 75.8 Å². The summed E-state index contributed by atoms with van der Waals surface area (Å²) in [5.41, 5.74) is 3.63. The van der Waals surface area contributed by atoms with Gasteiger partial charge in [-0.2, -0.15) is 0 Å². The molecule has 0 radical (unpaired) electrons. The molecule has 1 aliphatic carbocycles. The van der Waals surface area contributed by atoms with Gasteiger partial charge in [-0.3, -0.25) is 0 Å². The molecule has 0 bridgehead atoms. The fourth-order valence-corrected chi connectivity index (χ4v) is 4.58. The average Bonchev–Trinajstić information content (AvgIpc) is 2.74. The average molecular weight is 285 g/mol. The molecule has 3 rings (SSSR count). The van der Waals surface area contributed by atoms with E-state index in [1.807, 2.05) is 0 Å². The molecule has 1 aromatic carbocycles. The molecule has 2 aliphatic rings. The second-order valence-electron chi connectivity index (χ2n) is 7.54. The summed E-state index contributed by atoms with van der Waals surface area (Å²) in [5.74, 6) is 1.49. The molecule has 0 amide bonds. The van der Waals surface area contributed by atoms with Crippen molar-refractivity contribution in [3.63, 3.8) is 0 Å². The first kappa shape index (κ1) is 15.1. The van der Waals surface area contributed by atoms with E-state index in [0.29, 0.717) is 5.54 Å². The number of nitrogens with one attached hydrogen (secondary N) is 1. The van der Waals surface area contributed by atoms with Crippen LogP contribution in [0.2, 0.25) is 0 Å². The van der Waals surface area contributed by atoms with Crippen molar-refractivity contribution in [3.05, 3.63) is 35.4 Å². The second-order valence-corrected chi connectivity index (χ2v) is 7.54. The van der Waals surface area contributed by atoms with E-state index in [9.17, 15) is 0 Å². The third-order valence-corrected chi connectivity index (χ3v) is 5.99. The van der Waals surface area contributed by atoms with E-state index in [-0.39, 0.29) is 0 Å². The number of fused-ring (bicyclic) bond motifs is 1. The van der Waals surface area contributed by atoms with Gasteiger partial charge in [-0.1, -0.05) is 51.0 Å². The van der Waals surface area contributed by atoms with E-state index in [1.54, 1.807) is 11.1 Å². The van der Waals surface area contributed by atoms with Crippen LogP contribution in [0, 0.1) is 5.92 Å². The van der Waals surface area contributed by atoms with Crippen LogP contribution in [0.4, 0.5) is 0 Å². The third-order valence-electron chi connectivity index (χ3n) is 5.99. The zero-order valence-corrected chi connectivity index (χ0v) is 13.8. The predicted molar refractivity (Wildman–Crippen MR) is 90.8 cm³/mol. The molecule has 1 N–H and O–H groups in total. The Hall–Kier alpha value is -0.820. The summed E-state index contributed by atoms with van der Waals surface area (Å²) < 4.78 is 0. The molecule has 1 fully saturated rings. The van der Waals surface area contributed by atoms with Crippen LogP contribution >= 0.6 is 0 Å². The number of rotatable bonds is 3. The van der Waals surface area contributed by atoms with E-state index in [2.05, 4.69) is 43.4 Å². The van der Waals surface area contributed by atoms with Crippen molar-refractivity contribution in [1.82, 2.24) is 5.32 Å². The van der Waals surface area contributed by atoms with E-state index in [4.69, 9.17) is 0 Å². The summed E-state index contributed by atoms with van der Waals surface area (Å²) >= 11 is 0. The zero-order chi connectivity index (χ0) is 14.7. The lowest BCUT2D eigenvalue weighted by Gasteiger charge is -2.42. The summed E-state index contributed by atoms with van der Waals surface area (Å²) in [5, 5.41) is 3.97. The van der Waals surface area contributed by atoms with E-state index >= 15 is 0 Å². The highest BCUT2D eigenvalue weighted by molar-refractivity contribution is 5.33. The Morgan fingerprint density at radius 2 is 2.00 bits per heavy atom. The first-order chi connectivity index (χ1) is 10.2. The maximum atomic E-state index is 3.97. The summed E-state index contributed by atoms with van der Waals surface area (Å²) in [7, 11) is 0. The molecule has 2 unspecified atom stereocenters. The Bertz CT molecular complexity index is 455. The van der Waals surface area contributed by atoms with Gasteiger partial charge in [0, 0.05) is 5.54 Å². The minimum Gasteiger partial charge on any atom is -0.311 e. The van der Waals surface area contributed by atoms with Gasteiger partial charge in [0.05, 0.1) is 0 Å². The van der Waals surface area contributed by atoms with Gasteiger partial charge in [0.2, 0.25) is 0 Å². The van der Waals surface area contributed by atoms with Crippen molar-refractivity contribution >= 4 is 0 Å². The SMILES string of the molecule is CC(C)C1(CC2CCCc3ccccc32)CCCCCN1. The van der Waals surface area contributed by atoms with Gasteiger partial charge in [-0.15, -0.1) is 0 Å². The van der Waals surface area contributed by atoms with Crippen molar-refractivity contribution in [2.45, 2.75) is 76.7 Å². The molecule has 0 spiro atoms.